The van der Waals surface area contributed by atoms with Gasteiger partial charge in [0.2, 0.25) is 0 Å². The van der Waals surface area contributed by atoms with Crippen molar-refractivity contribution in [2.75, 3.05) is 0 Å². The Morgan fingerprint density at radius 2 is 1.89 bits per heavy atom. The summed E-state index contributed by atoms with van der Waals surface area (Å²) in [4.78, 5) is 7.86. The van der Waals surface area contributed by atoms with Gasteiger partial charge in [-0.05, 0) is 49.2 Å². The standard InChI is InChI=1S/C16H13N3/c1-11-4-6-14(8-12(11)2)19-10-18-15-7-5-13(17-3)9-16(15)19/h4-10H,1-2H3. The molecule has 2 aromatic carbocycles. The quantitative estimate of drug-likeness (QED) is 0.591. The zero-order valence-corrected chi connectivity index (χ0v) is 10.9. The van der Waals surface area contributed by atoms with E-state index in [1.807, 2.05) is 23.0 Å². The van der Waals surface area contributed by atoms with Gasteiger partial charge in [0.05, 0.1) is 17.6 Å². The van der Waals surface area contributed by atoms with Gasteiger partial charge in [-0.25, -0.2) is 9.83 Å². The smallest absolute Gasteiger partial charge is 0.189 e. The molecule has 0 amide bonds. The minimum Gasteiger partial charge on any atom is -0.300 e. The Kier molecular flexibility index (Phi) is 2.57. The zero-order valence-electron chi connectivity index (χ0n) is 10.9. The molecular formula is C16H13N3. The summed E-state index contributed by atoms with van der Waals surface area (Å²) in [5, 5.41) is 0. The molecule has 1 heterocycles. The minimum atomic E-state index is 0.637. The molecule has 0 aliphatic rings. The molecule has 1 aromatic heterocycles. The van der Waals surface area contributed by atoms with Gasteiger partial charge in [0.15, 0.2) is 5.69 Å². The Hall–Kier alpha value is -2.60. The number of aryl methyl sites for hydroxylation is 2. The fraction of sp³-hybridized carbons (Fsp3) is 0.125. The van der Waals surface area contributed by atoms with Crippen molar-refractivity contribution in [3.05, 3.63) is 65.3 Å². The second-order valence-corrected chi connectivity index (χ2v) is 4.67. The highest BCUT2D eigenvalue weighted by atomic mass is 15.0. The first-order chi connectivity index (χ1) is 9.19. The lowest BCUT2D eigenvalue weighted by molar-refractivity contribution is 1.08. The third kappa shape index (κ3) is 1.88. The van der Waals surface area contributed by atoms with Crippen LogP contribution in [0.15, 0.2) is 42.7 Å². The number of benzene rings is 2. The van der Waals surface area contributed by atoms with Crippen LogP contribution in [-0.2, 0) is 0 Å². The van der Waals surface area contributed by atoms with Gasteiger partial charge in [-0.15, -0.1) is 0 Å². The summed E-state index contributed by atoms with van der Waals surface area (Å²) in [6.45, 7) is 11.3. The molecule has 0 unspecified atom stereocenters. The van der Waals surface area contributed by atoms with Crippen LogP contribution < -0.4 is 0 Å². The molecule has 19 heavy (non-hydrogen) atoms. The average Bonchev–Trinajstić information content (AvgIpc) is 2.84. The lowest BCUT2D eigenvalue weighted by Gasteiger charge is -2.07. The van der Waals surface area contributed by atoms with E-state index in [-0.39, 0.29) is 0 Å². The molecule has 0 N–H and O–H groups in total. The monoisotopic (exact) mass is 247 g/mol. The van der Waals surface area contributed by atoms with E-state index in [4.69, 9.17) is 6.57 Å². The Balaban J connectivity index is 2.24. The highest BCUT2D eigenvalue weighted by Gasteiger charge is 2.06. The molecule has 92 valence electrons. The van der Waals surface area contributed by atoms with Gasteiger partial charge >= 0.3 is 0 Å². The van der Waals surface area contributed by atoms with Crippen LogP contribution in [0.1, 0.15) is 11.1 Å². The maximum absolute atomic E-state index is 7.10. The van der Waals surface area contributed by atoms with Crippen LogP contribution in [0.5, 0.6) is 0 Å². The number of fused-ring (bicyclic) bond motifs is 1. The van der Waals surface area contributed by atoms with Crippen molar-refractivity contribution in [3.8, 4) is 5.69 Å². The average molecular weight is 247 g/mol. The molecule has 0 atom stereocenters. The van der Waals surface area contributed by atoms with Crippen LogP contribution in [0.4, 0.5) is 5.69 Å². The summed E-state index contributed by atoms with van der Waals surface area (Å²) in [7, 11) is 0. The van der Waals surface area contributed by atoms with Crippen molar-refractivity contribution in [1.29, 1.82) is 0 Å². The lowest BCUT2D eigenvalue weighted by atomic mass is 10.1. The highest BCUT2D eigenvalue weighted by Crippen LogP contribution is 2.24. The summed E-state index contributed by atoms with van der Waals surface area (Å²) in [6, 6.07) is 11.9. The van der Waals surface area contributed by atoms with Crippen molar-refractivity contribution in [2.24, 2.45) is 0 Å². The molecule has 0 bridgehead atoms. The van der Waals surface area contributed by atoms with Gasteiger partial charge in [0.1, 0.15) is 6.33 Å². The highest BCUT2D eigenvalue weighted by molar-refractivity contribution is 5.81. The van der Waals surface area contributed by atoms with Crippen LogP contribution in [0.3, 0.4) is 0 Å². The van der Waals surface area contributed by atoms with Gasteiger partial charge in [0.25, 0.3) is 0 Å². The maximum Gasteiger partial charge on any atom is 0.189 e. The van der Waals surface area contributed by atoms with Gasteiger partial charge in [-0.1, -0.05) is 12.1 Å². The second kappa shape index (κ2) is 4.25. The molecule has 0 saturated heterocycles. The summed E-state index contributed by atoms with van der Waals surface area (Å²) < 4.78 is 2.02. The molecule has 0 saturated carbocycles. The molecule has 0 radical (unpaired) electrons. The Labute approximate surface area is 112 Å². The van der Waals surface area contributed by atoms with E-state index in [1.54, 1.807) is 6.07 Å². The van der Waals surface area contributed by atoms with Crippen molar-refractivity contribution in [2.45, 2.75) is 13.8 Å². The first-order valence-corrected chi connectivity index (χ1v) is 6.11. The van der Waals surface area contributed by atoms with Crippen molar-refractivity contribution >= 4 is 16.7 Å². The molecule has 0 spiro atoms. The van der Waals surface area contributed by atoms with Crippen molar-refractivity contribution in [3.63, 3.8) is 0 Å². The molecule has 3 heteroatoms. The number of rotatable bonds is 1. The number of imidazole rings is 1. The van der Waals surface area contributed by atoms with Crippen LogP contribution in [-0.4, -0.2) is 9.55 Å². The zero-order chi connectivity index (χ0) is 13.4. The van der Waals surface area contributed by atoms with E-state index < -0.39 is 0 Å². The second-order valence-electron chi connectivity index (χ2n) is 4.67. The largest absolute Gasteiger partial charge is 0.300 e. The van der Waals surface area contributed by atoms with E-state index in [0.717, 1.165) is 16.7 Å². The fourth-order valence-electron chi connectivity index (χ4n) is 2.15. The molecule has 3 nitrogen and oxygen atoms in total. The Bertz CT molecular complexity index is 806. The van der Waals surface area contributed by atoms with Crippen LogP contribution in [0, 0.1) is 20.4 Å². The van der Waals surface area contributed by atoms with Crippen LogP contribution in [0.2, 0.25) is 0 Å². The lowest BCUT2D eigenvalue weighted by Crippen LogP contribution is -1.93. The summed E-state index contributed by atoms with van der Waals surface area (Å²) >= 11 is 0. The molecule has 3 rings (SSSR count). The summed E-state index contributed by atoms with van der Waals surface area (Å²) in [5.74, 6) is 0. The van der Waals surface area contributed by atoms with Crippen molar-refractivity contribution in [1.82, 2.24) is 9.55 Å². The Morgan fingerprint density at radius 3 is 2.63 bits per heavy atom. The molecule has 0 aliphatic carbocycles. The van der Waals surface area contributed by atoms with E-state index in [1.165, 1.54) is 11.1 Å². The first kappa shape index (κ1) is 11.5. The first-order valence-electron chi connectivity index (χ1n) is 6.11. The predicted molar refractivity (Wildman–Crippen MR) is 76.8 cm³/mol. The van der Waals surface area contributed by atoms with Crippen LogP contribution >= 0.6 is 0 Å². The number of nitrogens with zero attached hydrogens (tertiary/aromatic N) is 3. The normalized spacial score (nSPS) is 10.6. The maximum atomic E-state index is 7.10. The topological polar surface area (TPSA) is 22.2 Å². The molecule has 0 fully saturated rings. The number of hydrogen-bond acceptors (Lipinski definition) is 1. The number of hydrogen-bond donors (Lipinski definition) is 0. The molecular weight excluding hydrogens is 234 g/mol. The van der Waals surface area contributed by atoms with Gasteiger partial charge in [-0.2, -0.15) is 0 Å². The van der Waals surface area contributed by atoms with E-state index in [2.05, 4.69) is 41.9 Å². The predicted octanol–water partition coefficient (Wildman–Crippen LogP) is 4.19. The van der Waals surface area contributed by atoms with Crippen molar-refractivity contribution < 1.29 is 0 Å². The van der Waals surface area contributed by atoms with E-state index >= 15 is 0 Å². The molecule has 3 aromatic rings. The van der Waals surface area contributed by atoms with Gasteiger partial charge < -0.3 is 4.57 Å². The fourth-order valence-corrected chi connectivity index (χ4v) is 2.15. The van der Waals surface area contributed by atoms with E-state index in [0.29, 0.717) is 5.69 Å². The third-order valence-corrected chi connectivity index (χ3v) is 3.43. The SMILES string of the molecule is [C-]#[N+]c1ccc2ncn(-c3ccc(C)c(C)c3)c2c1. The molecule has 0 aliphatic heterocycles. The van der Waals surface area contributed by atoms with Crippen LogP contribution in [0.25, 0.3) is 21.6 Å². The summed E-state index contributed by atoms with van der Waals surface area (Å²) in [5.41, 5.74) is 6.11. The van der Waals surface area contributed by atoms with E-state index in [9.17, 15) is 0 Å². The summed E-state index contributed by atoms with van der Waals surface area (Å²) in [6.07, 6.45) is 1.81. The van der Waals surface area contributed by atoms with Gasteiger partial charge in [0, 0.05) is 5.69 Å². The Morgan fingerprint density at radius 1 is 1.05 bits per heavy atom. The van der Waals surface area contributed by atoms with Gasteiger partial charge in [-0.3, -0.25) is 0 Å². The number of aromatic nitrogens is 2. The third-order valence-electron chi connectivity index (χ3n) is 3.43. The minimum absolute atomic E-state index is 0.637.